The molecule has 0 saturated heterocycles. The van der Waals surface area contributed by atoms with E-state index in [9.17, 15) is 9.59 Å². The van der Waals surface area contributed by atoms with E-state index in [1.54, 1.807) is 24.3 Å². The number of carbonyl (C=O) groups is 2. The minimum atomic E-state index is -0.621. The molecule has 1 unspecified atom stereocenters. The van der Waals surface area contributed by atoms with Crippen LogP contribution in [-0.2, 0) is 0 Å². The number of nitrogens with two attached hydrogens (primary N) is 1. The van der Waals surface area contributed by atoms with E-state index in [2.05, 4.69) is 24.5 Å². The Morgan fingerprint density at radius 1 is 1.10 bits per heavy atom. The molecule has 0 spiro atoms. The maximum Gasteiger partial charge on any atom is 0.316 e. The van der Waals surface area contributed by atoms with E-state index in [0.717, 1.165) is 12.8 Å². The number of carbonyl (C=O) groups excluding carboxylic acids is 2. The molecule has 0 aliphatic carbocycles. The lowest BCUT2D eigenvalue weighted by Gasteiger charge is -2.15. The molecule has 1 aromatic rings. The summed E-state index contributed by atoms with van der Waals surface area (Å²) in [4.78, 5) is 22.7. The molecule has 0 heterocycles. The van der Waals surface area contributed by atoms with Gasteiger partial charge in [-0.05, 0) is 49.9 Å². The summed E-state index contributed by atoms with van der Waals surface area (Å²) in [5, 5.41) is 5.41. The van der Waals surface area contributed by atoms with Crippen LogP contribution in [0.15, 0.2) is 24.3 Å². The summed E-state index contributed by atoms with van der Waals surface area (Å²) < 4.78 is 0. The summed E-state index contributed by atoms with van der Waals surface area (Å²) >= 11 is 0. The zero-order valence-electron chi connectivity index (χ0n) is 12.3. The van der Waals surface area contributed by atoms with Crippen LogP contribution < -0.4 is 16.4 Å². The Kier molecular flexibility index (Phi) is 6.03. The van der Waals surface area contributed by atoms with Gasteiger partial charge < -0.3 is 16.4 Å². The summed E-state index contributed by atoms with van der Waals surface area (Å²) in [6, 6.07) is 6.15. The van der Waals surface area contributed by atoms with Crippen molar-refractivity contribution in [3.8, 4) is 0 Å². The van der Waals surface area contributed by atoms with Crippen LogP contribution >= 0.6 is 0 Å². The number of amides is 3. The zero-order chi connectivity index (χ0) is 15.1. The van der Waals surface area contributed by atoms with Gasteiger partial charge in [0.25, 0.3) is 5.91 Å². The van der Waals surface area contributed by atoms with Gasteiger partial charge in [-0.15, -0.1) is 0 Å². The molecule has 5 nitrogen and oxygen atoms in total. The van der Waals surface area contributed by atoms with Crippen LogP contribution in [0.3, 0.4) is 0 Å². The smallest absolute Gasteiger partial charge is 0.316 e. The van der Waals surface area contributed by atoms with E-state index in [0.29, 0.717) is 17.2 Å². The molecule has 0 aliphatic rings. The molecule has 0 radical (unpaired) electrons. The van der Waals surface area contributed by atoms with Crippen LogP contribution in [0.5, 0.6) is 0 Å². The molecule has 110 valence electrons. The Hall–Kier alpha value is -2.04. The monoisotopic (exact) mass is 277 g/mol. The summed E-state index contributed by atoms with van der Waals surface area (Å²) in [5.74, 6) is 0.528. The van der Waals surface area contributed by atoms with Crippen molar-refractivity contribution >= 4 is 17.6 Å². The van der Waals surface area contributed by atoms with Crippen LogP contribution in [0.1, 0.15) is 44.0 Å². The van der Waals surface area contributed by atoms with E-state index >= 15 is 0 Å². The highest BCUT2D eigenvalue weighted by molar-refractivity contribution is 5.95. The summed E-state index contributed by atoms with van der Waals surface area (Å²) in [5.41, 5.74) is 6.15. The first-order valence-electron chi connectivity index (χ1n) is 6.86. The maximum atomic E-state index is 12.0. The normalized spacial score (nSPS) is 12.0. The van der Waals surface area contributed by atoms with Crippen molar-refractivity contribution in [1.29, 1.82) is 0 Å². The fourth-order valence-corrected chi connectivity index (χ4v) is 1.81. The van der Waals surface area contributed by atoms with Gasteiger partial charge in [-0.25, -0.2) is 4.79 Å². The number of benzene rings is 1. The quantitative estimate of drug-likeness (QED) is 0.747. The predicted octanol–water partition coefficient (Wildman–Crippen LogP) is 2.73. The average molecular weight is 277 g/mol. The third-order valence-electron chi connectivity index (χ3n) is 2.97. The van der Waals surface area contributed by atoms with Crippen LogP contribution in [0, 0.1) is 5.92 Å². The number of nitrogens with one attached hydrogen (secondary N) is 2. The van der Waals surface area contributed by atoms with Crippen molar-refractivity contribution in [2.45, 2.75) is 39.7 Å². The molecular formula is C15H23N3O2. The van der Waals surface area contributed by atoms with Crippen molar-refractivity contribution in [2.75, 3.05) is 5.32 Å². The van der Waals surface area contributed by atoms with Crippen LogP contribution in [0.25, 0.3) is 0 Å². The molecular weight excluding hydrogens is 254 g/mol. The van der Waals surface area contributed by atoms with Crippen molar-refractivity contribution in [1.82, 2.24) is 5.32 Å². The fraction of sp³-hybridized carbons (Fsp3) is 0.467. The number of primary amides is 1. The van der Waals surface area contributed by atoms with Gasteiger partial charge in [0.15, 0.2) is 0 Å². The molecule has 0 aliphatic heterocycles. The second kappa shape index (κ2) is 7.53. The molecule has 1 aromatic carbocycles. The van der Waals surface area contributed by atoms with Gasteiger partial charge >= 0.3 is 6.03 Å². The minimum Gasteiger partial charge on any atom is -0.351 e. The summed E-state index contributed by atoms with van der Waals surface area (Å²) in [6.45, 7) is 6.33. The third-order valence-corrected chi connectivity index (χ3v) is 2.97. The first kappa shape index (κ1) is 16.0. The Morgan fingerprint density at radius 2 is 1.70 bits per heavy atom. The van der Waals surface area contributed by atoms with Gasteiger partial charge in [0.1, 0.15) is 0 Å². The zero-order valence-corrected chi connectivity index (χ0v) is 12.3. The molecule has 0 aromatic heterocycles. The molecule has 0 fully saturated rings. The van der Waals surface area contributed by atoms with E-state index in [1.165, 1.54) is 0 Å². The SMILES string of the molecule is CC(C)CCC(C)NC(=O)c1ccc(NC(N)=O)cc1. The van der Waals surface area contributed by atoms with E-state index < -0.39 is 6.03 Å². The van der Waals surface area contributed by atoms with Gasteiger partial charge in [-0.2, -0.15) is 0 Å². The van der Waals surface area contributed by atoms with Crippen LogP contribution in [0.4, 0.5) is 10.5 Å². The van der Waals surface area contributed by atoms with Crippen molar-refractivity contribution in [3.63, 3.8) is 0 Å². The maximum absolute atomic E-state index is 12.0. The largest absolute Gasteiger partial charge is 0.351 e. The Bertz CT molecular complexity index is 455. The summed E-state index contributed by atoms with van der Waals surface area (Å²) in [7, 11) is 0. The number of hydrogen-bond donors (Lipinski definition) is 3. The number of hydrogen-bond acceptors (Lipinski definition) is 2. The molecule has 1 rings (SSSR count). The average Bonchev–Trinajstić information content (AvgIpc) is 2.36. The molecule has 0 bridgehead atoms. The highest BCUT2D eigenvalue weighted by atomic mass is 16.2. The van der Waals surface area contributed by atoms with E-state index in [1.807, 2.05) is 6.92 Å². The lowest BCUT2D eigenvalue weighted by Crippen LogP contribution is -2.32. The molecule has 1 atom stereocenters. The van der Waals surface area contributed by atoms with Gasteiger partial charge in [-0.1, -0.05) is 13.8 Å². The topological polar surface area (TPSA) is 84.2 Å². The molecule has 20 heavy (non-hydrogen) atoms. The third kappa shape index (κ3) is 5.73. The van der Waals surface area contributed by atoms with Gasteiger partial charge in [0, 0.05) is 17.3 Å². The van der Waals surface area contributed by atoms with E-state index in [-0.39, 0.29) is 11.9 Å². The molecule has 0 saturated carbocycles. The fourth-order valence-electron chi connectivity index (χ4n) is 1.81. The predicted molar refractivity (Wildman–Crippen MR) is 80.6 cm³/mol. The number of rotatable bonds is 6. The van der Waals surface area contributed by atoms with Gasteiger partial charge in [-0.3, -0.25) is 4.79 Å². The molecule has 5 heteroatoms. The van der Waals surface area contributed by atoms with Crippen molar-refractivity contribution < 1.29 is 9.59 Å². The minimum absolute atomic E-state index is 0.105. The van der Waals surface area contributed by atoms with E-state index in [4.69, 9.17) is 5.73 Å². The first-order valence-corrected chi connectivity index (χ1v) is 6.86. The highest BCUT2D eigenvalue weighted by Gasteiger charge is 2.10. The second-order valence-electron chi connectivity index (χ2n) is 5.41. The first-order chi connectivity index (χ1) is 9.38. The lowest BCUT2D eigenvalue weighted by molar-refractivity contribution is 0.0937. The Labute approximate surface area is 119 Å². The molecule has 4 N–H and O–H groups in total. The second-order valence-corrected chi connectivity index (χ2v) is 5.41. The summed E-state index contributed by atoms with van der Waals surface area (Å²) in [6.07, 6.45) is 2.05. The lowest BCUT2D eigenvalue weighted by atomic mass is 10.0. The molecule has 3 amide bonds. The van der Waals surface area contributed by atoms with Gasteiger partial charge in [0.2, 0.25) is 0 Å². The number of anilines is 1. The van der Waals surface area contributed by atoms with Gasteiger partial charge in [0.05, 0.1) is 0 Å². The van der Waals surface area contributed by atoms with Crippen LogP contribution in [-0.4, -0.2) is 18.0 Å². The van der Waals surface area contributed by atoms with Crippen molar-refractivity contribution in [2.24, 2.45) is 11.7 Å². The Balaban J connectivity index is 2.52. The number of urea groups is 1. The van der Waals surface area contributed by atoms with Crippen LogP contribution in [0.2, 0.25) is 0 Å². The Morgan fingerprint density at radius 3 is 2.20 bits per heavy atom. The van der Waals surface area contributed by atoms with Crippen molar-refractivity contribution in [3.05, 3.63) is 29.8 Å². The standard InChI is InChI=1S/C15H23N3O2/c1-10(2)4-5-11(3)17-14(19)12-6-8-13(9-7-12)18-15(16)20/h6-11H,4-5H2,1-3H3,(H,17,19)(H3,16,18,20). The highest BCUT2D eigenvalue weighted by Crippen LogP contribution is 2.11.